The molecular weight excluding hydrogens is 242 g/mol. The molecule has 3 nitrogen and oxygen atoms in total. The topological polar surface area (TPSA) is 42.4 Å². The van der Waals surface area contributed by atoms with Gasteiger partial charge in [0.1, 0.15) is 16.8 Å². The minimum Gasteiger partial charge on any atom is -0.264 e. The van der Waals surface area contributed by atoms with Gasteiger partial charge in [0.05, 0.1) is 5.39 Å². The van der Waals surface area contributed by atoms with E-state index in [0.717, 1.165) is 22.5 Å². The third kappa shape index (κ3) is 2.12. The number of hydrogen-bond donors (Lipinski definition) is 1. The third-order valence-corrected chi connectivity index (χ3v) is 4.05. The first-order valence-electron chi connectivity index (χ1n) is 6.00. The van der Waals surface area contributed by atoms with Gasteiger partial charge in [-0.2, -0.15) is 4.98 Å². The van der Waals surface area contributed by atoms with Crippen LogP contribution in [0.3, 0.4) is 0 Å². The maximum Gasteiger partial charge on any atom is 0.241 e. The van der Waals surface area contributed by atoms with Crippen LogP contribution in [0.4, 0.5) is 11.5 Å². The van der Waals surface area contributed by atoms with Crippen molar-refractivity contribution in [1.82, 2.24) is 9.97 Å². The fourth-order valence-corrected chi connectivity index (χ4v) is 2.86. The van der Waals surface area contributed by atoms with Gasteiger partial charge in [-0.25, -0.2) is 4.98 Å². The predicted molar refractivity (Wildman–Crippen MR) is 74.5 cm³/mol. The molecule has 90 valence electrons. The summed E-state index contributed by atoms with van der Waals surface area (Å²) in [5.41, 5.74) is 1.17. The maximum atomic E-state index is 4.39. The molecule has 0 aliphatic heterocycles. The summed E-state index contributed by atoms with van der Waals surface area (Å²) in [6, 6.07) is 12.5. The van der Waals surface area contributed by atoms with Crippen LogP contribution in [0.15, 0.2) is 42.7 Å². The maximum absolute atomic E-state index is 4.39. The monoisotopic (exact) mass is 256 g/mol. The number of nitrogens with two attached hydrogens (primary N) is 1. The molecule has 0 saturated carbocycles. The van der Waals surface area contributed by atoms with Gasteiger partial charge in [-0.3, -0.25) is 5.32 Å². The number of hydrogen-bond acceptors (Lipinski definition) is 3. The number of quaternary nitrogens is 1. The Kier molecular flexibility index (Phi) is 3.04. The van der Waals surface area contributed by atoms with Crippen molar-refractivity contribution >= 4 is 33.1 Å². The molecule has 0 unspecified atom stereocenters. The molecule has 0 fully saturated rings. The van der Waals surface area contributed by atoms with Crippen molar-refractivity contribution < 1.29 is 5.32 Å². The lowest BCUT2D eigenvalue weighted by Crippen LogP contribution is -2.71. The van der Waals surface area contributed by atoms with Gasteiger partial charge in [0.2, 0.25) is 5.82 Å². The van der Waals surface area contributed by atoms with Crippen LogP contribution in [0.5, 0.6) is 0 Å². The summed E-state index contributed by atoms with van der Waals surface area (Å²) in [4.78, 5) is 11.2. The number of thiophene rings is 1. The number of fused-ring (bicyclic) bond motifs is 1. The Bertz CT molecular complexity index is 661. The quantitative estimate of drug-likeness (QED) is 0.732. The number of rotatable bonds is 3. The normalized spacial score (nSPS) is 10.9. The Balaban J connectivity index is 2.03. The molecule has 3 rings (SSSR count). The van der Waals surface area contributed by atoms with Crippen LogP contribution < -0.4 is 5.32 Å². The molecule has 0 amide bonds. The second kappa shape index (κ2) is 4.84. The number of aromatic nitrogens is 2. The minimum atomic E-state index is 1.00. The van der Waals surface area contributed by atoms with Gasteiger partial charge in [-0.15, -0.1) is 11.3 Å². The molecule has 3 aromatic rings. The molecule has 2 heterocycles. The van der Waals surface area contributed by atoms with Crippen molar-refractivity contribution in [3.05, 3.63) is 47.6 Å². The first-order chi connectivity index (χ1) is 8.86. The Morgan fingerprint density at radius 3 is 2.78 bits per heavy atom. The number of para-hydroxylation sites is 1. The fraction of sp³-hybridized carbons (Fsp3) is 0.143. The van der Waals surface area contributed by atoms with Gasteiger partial charge >= 0.3 is 0 Å². The highest BCUT2D eigenvalue weighted by atomic mass is 32.1. The molecule has 2 aromatic heterocycles. The van der Waals surface area contributed by atoms with Crippen LogP contribution in [0.1, 0.15) is 11.8 Å². The SMILES string of the molecule is CCc1cc2c([NH2+]c3ccccc3)ncnc2s1. The summed E-state index contributed by atoms with van der Waals surface area (Å²) in [6.45, 7) is 2.17. The largest absolute Gasteiger partial charge is 0.264 e. The molecule has 0 aliphatic carbocycles. The van der Waals surface area contributed by atoms with Gasteiger partial charge in [0, 0.05) is 4.88 Å². The third-order valence-electron chi connectivity index (χ3n) is 2.86. The average molecular weight is 256 g/mol. The average Bonchev–Trinajstić information content (AvgIpc) is 2.84. The zero-order valence-corrected chi connectivity index (χ0v) is 10.9. The number of nitrogens with zero attached hydrogens (tertiary/aromatic N) is 2. The number of benzene rings is 1. The minimum absolute atomic E-state index is 1.00. The zero-order valence-electron chi connectivity index (χ0n) is 10.1. The summed E-state index contributed by atoms with van der Waals surface area (Å²) in [6.07, 6.45) is 2.69. The van der Waals surface area contributed by atoms with E-state index in [-0.39, 0.29) is 0 Å². The lowest BCUT2D eigenvalue weighted by molar-refractivity contribution is -0.481. The summed E-state index contributed by atoms with van der Waals surface area (Å²) >= 11 is 1.75. The van der Waals surface area contributed by atoms with Crippen molar-refractivity contribution in [1.29, 1.82) is 0 Å². The molecule has 0 spiro atoms. The first kappa shape index (κ1) is 11.3. The molecule has 0 aliphatic rings. The molecule has 1 aromatic carbocycles. The van der Waals surface area contributed by atoms with Gasteiger partial charge in [-0.1, -0.05) is 25.1 Å². The summed E-state index contributed by atoms with van der Waals surface area (Å²) in [7, 11) is 0. The van der Waals surface area contributed by atoms with Crippen molar-refractivity contribution in [2.75, 3.05) is 0 Å². The lowest BCUT2D eigenvalue weighted by atomic mass is 10.3. The second-order valence-corrected chi connectivity index (χ2v) is 5.21. The fourth-order valence-electron chi connectivity index (χ4n) is 1.92. The highest BCUT2D eigenvalue weighted by molar-refractivity contribution is 7.18. The van der Waals surface area contributed by atoms with E-state index >= 15 is 0 Å². The lowest BCUT2D eigenvalue weighted by Gasteiger charge is -1.99. The van der Waals surface area contributed by atoms with Gasteiger partial charge in [0.25, 0.3) is 0 Å². The summed E-state index contributed by atoms with van der Waals surface area (Å²) in [5, 5.41) is 3.26. The van der Waals surface area contributed by atoms with Crippen LogP contribution in [0.25, 0.3) is 10.2 Å². The first-order valence-corrected chi connectivity index (χ1v) is 6.81. The van der Waals surface area contributed by atoms with E-state index in [4.69, 9.17) is 0 Å². The van der Waals surface area contributed by atoms with Crippen LogP contribution in [0, 0.1) is 0 Å². The highest BCUT2D eigenvalue weighted by Gasteiger charge is 2.11. The molecule has 0 bridgehead atoms. The Hall–Kier alpha value is -1.78. The van der Waals surface area contributed by atoms with Crippen molar-refractivity contribution in [2.24, 2.45) is 0 Å². The standard InChI is InChI=1S/C14H13N3S/c1-2-11-8-12-13(15-9-16-14(12)18-11)17-10-6-4-3-5-7-10/h3-9H,2H2,1H3,(H,15,16,17)/p+1. The van der Waals surface area contributed by atoms with E-state index in [1.807, 2.05) is 18.2 Å². The Morgan fingerprint density at radius 2 is 2.00 bits per heavy atom. The van der Waals surface area contributed by atoms with Gasteiger partial charge in [-0.05, 0) is 24.6 Å². The van der Waals surface area contributed by atoms with Crippen molar-refractivity contribution in [2.45, 2.75) is 13.3 Å². The van der Waals surface area contributed by atoms with E-state index in [2.05, 4.69) is 40.4 Å². The summed E-state index contributed by atoms with van der Waals surface area (Å²) < 4.78 is 0. The molecule has 0 radical (unpaired) electrons. The summed E-state index contributed by atoms with van der Waals surface area (Å²) in [5.74, 6) is 1.00. The van der Waals surface area contributed by atoms with E-state index in [0.29, 0.717) is 0 Å². The molecular formula is C14H14N3S+. The molecule has 2 N–H and O–H groups in total. The highest BCUT2D eigenvalue weighted by Crippen LogP contribution is 2.26. The molecule has 0 atom stereocenters. The van der Waals surface area contributed by atoms with Crippen LogP contribution in [-0.4, -0.2) is 9.97 Å². The van der Waals surface area contributed by atoms with E-state index < -0.39 is 0 Å². The van der Waals surface area contributed by atoms with Crippen LogP contribution in [0.2, 0.25) is 0 Å². The molecule has 4 heteroatoms. The van der Waals surface area contributed by atoms with Crippen LogP contribution >= 0.6 is 11.3 Å². The van der Waals surface area contributed by atoms with Crippen molar-refractivity contribution in [3.63, 3.8) is 0 Å². The van der Waals surface area contributed by atoms with E-state index in [1.54, 1.807) is 17.7 Å². The number of aryl methyl sites for hydroxylation is 1. The second-order valence-electron chi connectivity index (χ2n) is 4.10. The van der Waals surface area contributed by atoms with Gasteiger partial charge < -0.3 is 0 Å². The van der Waals surface area contributed by atoms with Crippen LogP contribution in [-0.2, 0) is 6.42 Å². The Morgan fingerprint density at radius 1 is 1.17 bits per heavy atom. The van der Waals surface area contributed by atoms with Crippen molar-refractivity contribution in [3.8, 4) is 0 Å². The predicted octanol–water partition coefficient (Wildman–Crippen LogP) is 2.78. The van der Waals surface area contributed by atoms with Gasteiger partial charge in [0.15, 0.2) is 0 Å². The molecule has 0 saturated heterocycles. The van der Waals surface area contributed by atoms with E-state index in [9.17, 15) is 0 Å². The molecule has 18 heavy (non-hydrogen) atoms. The smallest absolute Gasteiger partial charge is 0.241 e. The van der Waals surface area contributed by atoms with E-state index in [1.165, 1.54) is 10.6 Å². The Labute approximate surface area is 110 Å². The zero-order chi connectivity index (χ0) is 12.4.